The van der Waals surface area contributed by atoms with Gasteiger partial charge in [-0.3, -0.25) is 13.9 Å². The topological polar surface area (TPSA) is 80.8 Å². The Morgan fingerprint density at radius 3 is 2.43 bits per heavy atom. The van der Waals surface area contributed by atoms with Gasteiger partial charge in [0.2, 0.25) is 0 Å². The number of carbonyl (C=O) groups is 2. The van der Waals surface area contributed by atoms with Crippen LogP contribution in [0.15, 0.2) is 76.7 Å². The molecule has 1 aliphatic heterocycles. The highest BCUT2D eigenvalue weighted by Gasteiger charge is 2.61. The van der Waals surface area contributed by atoms with Crippen LogP contribution in [0.2, 0.25) is 25.7 Å². The van der Waals surface area contributed by atoms with Crippen LogP contribution in [0, 0.1) is 16.7 Å². The summed E-state index contributed by atoms with van der Waals surface area (Å²) in [6.45, 7) is 11.1. The highest BCUT2D eigenvalue weighted by molar-refractivity contribution is 7.93. The number of allylic oxidation sites excluding steroid dienone is 2. The fraction of sp³-hybridized carbons (Fsp3) is 0.471. The standard InChI is InChI=1S/C34H41NO5SSi/c1-33-18-17-31(36)34(2,32(37)40-19-20-42(3,4)5)30(33)16-15-23-21-29-26(22-27(23)33)25-13-9-10-14-28(25)35(29)41(38,39)24-11-7-6-8-12-24/h6-14,22,29-30H,15-21H2,1-5H3/t29?,30-,33-,34?/m1/s1. The van der Waals surface area contributed by atoms with Gasteiger partial charge in [-0.25, -0.2) is 8.42 Å². The van der Waals surface area contributed by atoms with Gasteiger partial charge in [-0.2, -0.15) is 0 Å². The van der Waals surface area contributed by atoms with E-state index in [2.05, 4.69) is 32.6 Å². The maximum atomic E-state index is 14.0. The summed E-state index contributed by atoms with van der Waals surface area (Å²) in [5.41, 5.74) is 3.50. The second-order valence-electron chi connectivity index (χ2n) is 14.0. The van der Waals surface area contributed by atoms with E-state index in [1.807, 2.05) is 37.3 Å². The van der Waals surface area contributed by atoms with Crippen molar-refractivity contribution in [3.63, 3.8) is 0 Å². The zero-order valence-electron chi connectivity index (χ0n) is 25.3. The summed E-state index contributed by atoms with van der Waals surface area (Å²) in [6.07, 6.45) is 5.26. The van der Waals surface area contributed by atoms with Gasteiger partial charge in [-0.1, -0.05) is 74.6 Å². The van der Waals surface area contributed by atoms with Crippen LogP contribution < -0.4 is 4.31 Å². The molecule has 222 valence electrons. The monoisotopic (exact) mass is 603 g/mol. The molecule has 4 atom stereocenters. The van der Waals surface area contributed by atoms with Crippen LogP contribution in [-0.4, -0.2) is 40.9 Å². The fourth-order valence-electron chi connectivity index (χ4n) is 7.90. The first kappa shape index (κ1) is 29.1. The number of sulfonamides is 1. The first-order valence-corrected chi connectivity index (χ1v) is 20.3. The molecule has 0 N–H and O–H groups in total. The summed E-state index contributed by atoms with van der Waals surface area (Å²) < 4.78 is 35.5. The van der Waals surface area contributed by atoms with Crippen molar-refractivity contribution < 1.29 is 22.7 Å². The summed E-state index contributed by atoms with van der Waals surface area (Å²) in [6, 6.07) is 16.9. The Morgan fingerprint density at radius 2 is 1.71 bits per heavy atom. The first-order valence-electron chi connectivity index (χ1n) is 15.1. The Bertz CT molecular complexity index is 1620. The predicted molar refractivity (Wildman–Crippen MR) is 168 cm³/mol. The van der Waals surface area contributed by atoms with Crippen LogP contribution in [0.3, 0.4) is 0 Å². The zero-order valence-corrected chi connectivity index (χ0v) is 27.1. The van der Waals surface area contributed by atoms with E-state index in [9.17, 15) is 18.0 Å². The molecule has 1 heterocycles. The summed E-state index contributed by atoms with van der Waals surface area (Å²) in [7, 11) is -5.18. The van der Waals surface area contributed by atoms with Crippen LogP contribution in [-0.2, 0) is 24.3 Å². The van der Waals surface area contributed by atoms with Crippen molar-refractivity contribution in [3.05, 3.63) is 77.4 Å². The summed E-state index contributed by atoms with van der Waals surface area (Å²) in [5.74, 6) is -0.559. The molecule has 1 saturated carbocycles. The molecule has 2 aromatic carbocycles. The number of rotatable bonds is 6. The molecule has 1 fully saturated rings. The average molecular weight is 604 g/mol. The van der Waals surface area contributed by atoms with Crippen molar-refractivity contribution >= 4 is 41.1 Å². The number of hydrogen-bond donors (Lipinski definition) is 0. The molecule has 0 spiro atoms. The van der Waals surface area contributed by atoms with E-state index in [0.717, 1.165) is 23.6 Å². The maximum absolute atomic E-state index is 14.0. The van der Waals surface area contributed by atoms with E-state index in [4.69, 9.17) is 4.74 Å². The number of benzene rings is 2. The number of ketones is 1. The SMILES string of the molecule is CC1(C(=O)OCC[Si](C)(C)C)C(=O)CC[C@]2(C)C3=C(CC[C@@H]12)CC1C(=C3)c2ccccc2N1S(=O)(=O)c1ccccc1. The summed E-state index contributed by atoms with van der Waals surface area (Å²) in [5, 5.41) is 0. The van der Waals surface area contributed by atoms with E-state index >= 15 is 0 Å². The van der Waals surface area contributed by atoms with Crippen LogP contribution in [0.1, 0.15) is 51.5 Å². The maximum Gasteiger partial charge on any atom is 0.319 e. The van der Waals surface area contributed by atoms with E-state index in [0.29, 0.717) is 38.0 Å². The van der Waals surface area contributed by atoms with Gasteiger partial charge < -0.3 is 4.74 Å². The van der Waals surface area contributed by atoms with Gasteiger partial charge in [0.15, 0.2) is 0 Å². The largest absolute Gasteiger partial charge is 0.465 e. The molecule has 0 saturated heterocycles. The molecule has 0 amide bonds. The molecule has 3 aliphatic carbocycles. The van der Waals surface area contributed by atoms with Crippen molar-refractivity contribution in [2.45, 2.75) is 82.6 Å². The van der Waals surface area contributed by atoms with Crippen LogP contribution >= 0.6 is 0 Å². The number of nitrogens with zero attached hydrogens (tertiary/aromatic N) is 1. The van der Waals surface area contributed by atoms with E-state index in [1.54, 1.807) is 28.6 Å². The van der Waals surface area contributed by atoms with Gasteiger partial charge in [-0.15, -0.1) is 0 Å². The van der Waals surface area contributed by atoms with Gasteiger partial charge >= 0.3 is 5.97 Å². The van der Waals surface area contributed by atoms with Crippen molar-refractivity contribution in [2.75, 3.05) is 10.9 Å². The van der Waals surface area contributed by atoms with Gasteiger partial charge in [-0.05, 0) is 79.3 Å². The highest BCUT2D eigenvalue weighted by atomic mass is 32.2. The van der Waals surface area contributed by atoms with Gasteiger partial charge in [0.05, 0.1) is 23.2 Å². The Morgan fingerprint density at radius 1 is 1.02 bits per heavy atom. The third kappa shape index (κ3) is 4.44. The Hall–Kier alpha value is -2.97. The molecule has 0 aromatic heterocycles. The number of fused-ring (bicyclic) bond motifs is 5. The van der Waals surface area contributed by atoms with E-state index in [-0.39, 0.29) is 34.0 Å². The zero-order chi connectivity index (χ0) is 30.1. The summed E-state index contributed by atoms with van der Waals surface area (Å²) >= 11 is 0. The lowest BCUT2D eigenvalue weighted by atomic mass is 9.48. The fourth-order valence-corrected chi connectivity index (χ4v) is 10.3. The lowest BCUT2D eigenvalue weighted by Crippen LogP contribution is -2.56. The number of hydrogen-bond acceptors (Lipinski definition) is 5. The normalized spacial score (nSPS) is 28.8. The van der Waals surface area contributed by atoms with Crippen LogP contribution in [0.4, 0.5) is 5.69 Å². The number of Topliss-reactive ketones (excluding diaryl/α,β-unsaturated/α-hetero) is 1. The van der Waals surface area contributed by atoms with Crippen molar-refractivity contribution in [1.82, 2.24) is 0 Å². The highest BCUT2D eigenvalue weighted by Crippen LogP contribution is 2.62. The number of anilines is 1. The minimum Gasteiger partial charge on any atom is -0.465 e. The van der Waals surface area contributed by atoms with Crippen LogP contribution in [0.25, 0.3) is 5.57 Å². The van der Waals surface area contributed by atoms with Gasteiger partial charge in [0.25, 0.3) is 10.0 Å². The third-order valence-electron chi connectivity index (χ3n) is 10.3. The van der Waals surface area contributed by atoms with Gasteiger partial charge in [0, 0.05) is 20.1 Å². The van der Waals surface area contributed by atoms with Crippen LogP contribution in [0.5, 0.6) is 0 Å². The number of para-hydroxylation sites is 1. The van der Waals surface area contributed by atoms with Gasteiger partial charge in [0.1, 0.15) is 11.2 Å². The Kier molecular flexibility index (Phi) is 6.97. The molecular weight excluding hydrogens is 563 g/mol. The molecule has 6 nitrogen and oxygen atoms in total. The van der Waals surface area contributed by atoms with E-state index in [1.165, 1.54) is 11.1 Å². The second-order valence-corrected chi connectivity index (χ2v) is 21.5. The average Bonchev–Trinajstić information content (AvgIpc) is 3.28. The molecule has 42 heavy (non-hydrogen) atoms. The Balaban J connectivity index is 1.38. The molecular formula is C34H41NO5SSi. The van der Waals surface area contributed by atoms with Crippen molar-refractivity contribution in [2.24, 2.45) is 16.7 Å². The Labute approximate surface area is 250 Å². The number of esters is 1. The molecule has 0 radical (unpaired) electrons. The molecule has 6 rings (SSSR count). The molecule has 2 unspecified atom stereocenters. The lowest BCUT2D eigenvalue weighted by Gasteiger charge is -2.54. The van der Waals surface area contributed by atoms with E-state index < -0.39 is 23.5 Å². The van der Waals surface area contributed by atoms with Crippen molar-refractivity contribution in [1.29, 1.82) is 0 Å². The molecule has 8 heteroatoms. The number of ether oxygens (including phenoxy) is 1. The smallest absolute Gasteiger partial charge is 0.319 e. The number of carbonyl (C=O) groups excluding carboxylic acids is 2. The predicted octanol–water partition coefficient (Wildman–Crippen LogP) is 7.01. The molecule has 0 bridgehead atoms. The first-order chi connectivity index (χ1) is 19.8. The minimum atomic E-state index is -3.79. The quantitative estimate of drug-likeness (QED) is 0.202. The second kappa shape index (κ2) is 10.0. The summed E-state index contributed by atoms with van der Waals surface area (Å²) in [4.78, 5) is 27.5. The minimum absolute atomic E-state index is 0.0142. The third-order valence-corrected chi connectivity index (χ3v) is 13.8. The molecule has 2 aromatic rings. The molecule has 4 aliphatic rings. The van der Waals surface area contributed by atoms with Crippen molar-refractivity contribution in [3.8, 4) is 0 Å². The lowest BCUT2D eigenvalue weighted by molar-refractivity contribution is -0.170.